The quantitative estimate of drug-likeness (QED) is 0.364. The fourth-order valence-corrected chi connectivity index (χ4v) is 2.79. The van der Waals surface area contributed by atoms with E-state index in [-0.39, 0.29) is 18.0 Å². The van der Waals surface area contributed by atoms with Crippen molar-refractivity contribution in [1.82, 2.24) is 4.90 Å². The van der Waals surface area contributed by atoms with Gasteiger partial charge in [0.15, 0.2) is 0 Å². The molecule has 2 aromatic carbocycles. The topological polar surface area (TPSA) is 84.7 Å². The zero-order valence-electron chi connectivity index (χ0n) is 16.0. The minimum atomic E-state index is -0.509. The normalized spacial score (nSPS) is 10.5. The number of carbonyl (C=O) groups excluding carboxylic acids is 1. The third-order valence-corrected chi connectivity index (χ3v) is 4.27. The van der Waals surface area contributed by atoms with Crippen LogP contribution in [0.1, 0.15) is 12.0 Å². The van der Waals surface area contributed by atoms with Crippen LogP contribution in [0.25, 0.3) is 0 Å². The Labute approximate surface area is 164 Å². The predicted octanol–water partition coefficient (Wildman–Crippen LogP) is 3.66. The van der Waals surface area contributed by atoms with Crippen molar-refractivity contribution in [3.8, 4) is 5.75 Å². The molecule has 7 heteroatoms. The van der Waals surface area contributed by atoms with Gasteiger partial charge in [-0.15, -0.1) is 6.58 Å². The molecule has 0 aliphatic carbocycles. The van der Waals surface area contributed by atoms with Crippen LogP contribution in [0.5, 0.6) is 5.75 Å². The van der Waals surface area contributed by atoms with E-state index < -0.39 is 4.92 Å². The van der Waals surface area contributed by atoms with Crippen molar-refractivity contribution in [3.63, 3.8) is 0 Å². The van der Waals surface area contributed by atoms with Gasteiger partial charge >= 0.3 is 0 Å². The molecule has 0 atom stereocenters. The van der Waals surface area contributed by atoms with Crippen LogP contribution >= 0.6 is 0 Å². The molecule has 2 aromatic rings. The third kappa shape index (κ3) is 6.51. The molecule has 2 rings (SSSR count). The smallest absolute Gasteiger partial charge is 0.271 e. The summed E-state index contributed by atoms with van der Waals surface area (Å²) in [6, 6.07) is 14.3. The van der Waals surface area contributed by atoms with Crippen molar-refractivity contribution < 1.29 is 14.5 Å². The summed E-state index contributed by atoms with van der Waals surface area (Å²) in [4.78, 5) is 24.9. The van der Waals surface area contributed by atoms with Crippen LogP contribution in [0.4, 0.5) is 11.4 Å². The molecule has 0 aromatic heterocycles. The molecule has 0 aliphatic heterocycles. The van der Waals surface area contributed by atoms with Crippen LogP contribution in [-0.2, 0) is 11.2 Å². The highest BCUT2D eigenvalue weighted by molar-refractivity contribution is 5.92. The Bertz CT molecular complexity index is 809. The fourth-order valence-electron chi connectivity index (χ4n) is 2.79. The first kappa shape index (κ1) is 21.1. The van der Waals surface area contributed by atoms with E-state index in [9.17, 15) is 14.9 Å². The van der Waals surface area contributed by atoms with Crippen LogP contribution < -0.4 is 10.1 Å². The van der Waals surface area contributed by atoms with Crippen molar-refractivity contribution in [1.29, 1.82) is 0 Å². The van der Waals surface area contributed by atoms with Crippen molar-refractivity contribution in [3.05, 3.63) is 76.9 Å². The van der Waals surface area contributed by atoms with Crippen molar-refractivity contribution >= 4 is 17.3 Å². The van der Waals surface area contributed by atoms with Crippen molar-refractivity contribution in [2.24, 2.45) is 0 Å². The van der Waals surface area contributed by atoms with Crippen LogP contribution in [0.3, 0.4) is 0 Å². The lowest BCUT2D eigenvalue weighted by Crippen LogP contribution is -2.30. The van der Waals surface area contributed by atoms with E-state index in [1.54, 1.807) is 0 Å². The highest BCUT2D eigenvalue weighted by Crippen LogP contribution is 2.28. The summed E-state index contributed by atoms with van der Waals surface area (Å²) >= 11 is 0. The molecule has 0 heterocycles. The Hall–Kier alpha value is -3.19. The SMILES string of the molecule is C=CCN(CCC(=O)Nc1cc([N+](=O)[O-])ccc1OC)CCc1ccccc1. The number of rotatable bonds is 11. The molecular weight excluding hydrogens is 358 g/mol. The van der Waals surface area contributed by atoms with Gasteiger partial charge in [-0.3, -0.25) is 19.8 Å². The molecule has 7 nitrogen and oxygen atoms in total. The standard InChI is InChI=1S/C21H25N3O4/c1-3-13-23(14-11-17-7-5-4-6-8-17)15-12-21(25)22-19-16-18(24(26)27)9-10-20(19)28-2/h3-10,16H,1,11-15H2,2H3,(H,22,25). The summed E-state index contributed by atoms with van der Waals surface area (Å²) in [6.45, 7) is 5.82. The molecule has 0 fully saturated rings. The molecule has 1 N–H and O–H groups in total. The van der Waals surface area contributed by atoms with E-state index in [2.05, 4.69) is 28.9 Å². The lowest BCUT2D eigenvalue weighted by molar-refractivity contribution is -0.384. The van der Waals surface area contributed by atoms with Gasteiger partial charge < -0.3 is 10.1 Å². The molecule has 0 unspecified atom stereocenters. The molecule has 0 saturated heterocycles. The zero-order valence-corrected chi connectivity index (χ0v) is 16.0. The van der Waals surface area contributed by atoms with Gasteiger partial charge in [0.2, 0.25) is 5.91 Å². The molecule has 0 saturated carbocycles. The Morgan fingerprint density at radius 2 is 2.00 bits per heavy atom. The number of methoxy groups -OCH3 is 1. The molecule has 28 heavy (non-hydrogen) atoms. The number of nitrogens with one attached hydrogen (secondary N) is 1. The van der Waals surface area contributed by atoms with Gasteiger partial charge in [0.05, 0.1) is 17.7 Å². The van der Waals surface area contributed by atoms with Gasteiger partial charge in [0.25, 0.3) is 5.69 Å². The minimum absolute atomic E-state index is 0.104. The van der Waals surface area contributed by atoms with Crippen LogP contribution in [-0.4, -0.2) is 42.5 Å². The second kappa shape index (κ2) is 10.8. The average molecular weight is 383 g/mol. The fraction of sp³-hybridized carbons (Fsp3) is 0.286. The molecule has 0 spiro atoms. The number of nitro groups is 1. The van der Waals surface area contributed by atoms with Gasteiger partial charge in [0, 0.05) is 38.2 Å². The Kier molecular flexibility index (Phi) is 8.17. The number of nitrogens with zero attached hydrogens (tertiary/aromatic N) is 2. The van der Waals surface area contributed by atoms with E-state index >= 15 is 0 Å². The monoisotopic (exact) mass is 383 g/mol. The van der Waals surface area contributed by atoms with Gasteiger partial charge in [-0.05, 0) is 18.1 Å². The summed E-state index contributed by atoms with van der Waals surface area (Å²) in [6.07, 6.45) is 2.95. The summed E-state index contributed by atoms with van der Waals surface area (Å²) in [5, 5.41) is 13.7. The lowest BCUT2D eigenvalue weighted by atomic mass is 10.1. The first-order chi connectivity index (χ1) is 13.5. The summed E-state index contributed by atoms with van der Waals surface area (Å²) in [7, 11) is 1.45. The van der Waals surface area contributed by atoms with E-state index in [0.29, 0.717) is 24.5 Å². The number of hydrogen-bond acceptors (Lipinski definition) is 5. The summed E-state index contributed by atoms with van der Waals surface area (Å²) in [5.41, 5.74) is 1.43. The van der Waals surface area contributed by atoms with E-state index in [4.69, 9.17) is 4.74 Å². The number of anilines is 1. The number of benzene rings is 2. The van der Waals surface area contributed by atoms with Crippen molar-refractivity contribution in [2.45, 2.75) is 12.8 Å². The molecule has 0 aliphatic rings. The summed E-state index contributed by atoms with van der Waals surface area (Å²) in [5.74, 6) is 0.151. The highest BCUT2D eigenvalue weighted by Gasteiger charge is 2.14. The first-order valence-electron chi connectivity index (χ1n) is 9.03. The molecular formula is C21H25N3O4. The average Bonchev–Trinajstić information content (AvgIpc) is 2.70. The second-order valence-electron chi connectivity index (χ2n) is 6.26. The van der Waals surface area contributed by atoms with Crippen LogP contribution in [0.2, 0.25) is 0 Å². The minimum Gasteiger partial charge on any atom is -0.495 e. The highest BCUT2D eigenvalue weighted by atomic mass is 16.6. The molecule has 0 bridgehead atoms. The number of nitro benzene ring substituents is 1. The van der Waals surface area contributed by atoms with Gasteiger partial charge in [-0.1, -0.05) is 36.4 Å². The van der Waals surface area contributed by atoms with Crippen LogP contribution in [0.15, 0.2) is 61.2 Å². The third-order valence-electron chi connectivity index (χ3n) is 4.27. The van der Waals surface area contributed by atoms with Crippen LogP contribution in [0, 0.1) is 10.1 Å². The second-order valence-corrected chi connectivity index (χ2v) is 6.26. The lowest BCUT2D eigenvalue weighted by Gasteiger charge is -2.20. The molecule has 1 amide bonds. The zero-order chi connectivity index (χ0) is 20.4. The largest absolute Gasteiger partial charge is 0.495 e. The van der Waals surface area contributed by atoms with E-state index in [1.165, 1.54) is 30.9 Å². The van der Waals surface area contributed by atoms with E-state index in [1.807, 2.05) is 24.3 Å². The first-order valence-corrected chi connectivity index (χ1v) is 9.03. The van der Waals surface area contributed by atoms with Gasteiger partial charge in [-0.2, -0.15) is 0 Å². The Morgan fingerprint density at radius 3 is 2.64 bits per heavy atom. The van der Waals surface area contributed by atoms with Gasteiger partial charge in [0.1, 0.15) is 5.75 Å². The molecule has 148 valence electrons. The Morgan fingerprint density at radius 1 is 1.25 bits per heavy atom. The number of non-ortho nitro benzene ring substituents is 1. The molecule has 0 radical (unpaired) electrons. The maximum Gasteiger partial charge on any atom is 0.271 e. The number of amides is 1. The van der Waals surface area contributed by atoms with E-state index in [0.717, 1.165) is 13.0 Å². The predicted molar refractivity (Wildman–Crippen MR) is 110 cm³/mol. The summed E-state index contributed by atoms with van der Waals surface area (Å²) < 4.78 is 5.17. The maximum atomic E-state index is 12.4. The van der Waals surface area contributed by atoms with Gasteiger partial charge in [-0.25, -0.2) is 0 Å². The van der Waals surface area contributed by atoms with Crippen molar-refractivity contribution in [2.75, 3.05) is 32.1 Å². The number of ether oxygens (including phenoxy) is 1. The number of hydrogen-bond donors (Lipinski definition) is 1. The Balaban J connectivity index is 1.92. The number of carbonyl (C=O) groups is 1. The maximum absolute atomic E-state index is 12.4.